The second kappa shape index (κ2) is 11.8. The number of carbonyl (C=O) groups excluding carboxylic acids is 2. The first kappa shape index (κ1) is 25.9. The normalized spacial score (nSPS) is 15.9. The Balaban J connectivity index is 1.35. The molecule has 0 saturated carbocycles. The molecule has 2 aromatic carbocycles. The van der Waals surface area contributed by atoms with Crippen molar-refractivity contribution in [2.45, 2.75) is 51.7 Å². The molecule has 3 heterocycles. The second-order valence-corrected chi connectivity index (χ2v) is 9.79. The summed E-state index contributed by atoms with van der Waals surface area (Å²) in [6.07, 6.45) is 3.31. The fraction of sp³-hybridized carbons (Fsp3) is 0.393. The second-order valence-electron chi connectivity index (χ2n) is 9.35. The van der Waals surface area contributed by atoms with Crippen molar-refractivity contribution in [1.29, 1.82) is 0 Å². The minimum atomic E-state index is -0.646. The number of benzene rings is 2. The van der Waals surface area contributed by atoms with Crippen LogP contribution in [0.2, 0.25) is 5.02 Å². The number of carbonyl (C=O) groups is 2. The lowest BCUT2D eigenvalue weighted by Gasteiger charge is -2.26. The maximum Gasteiger partial charge on any atom is 0.414 e. The number of imidazole rings is 1. The third-order valence-corrected chi connectivity index (χ3v) is 6.79. The minimum absolute atomic E-state index is 0.199. The monoisotopic (exact) mass is 538 g/mol. The number of amides is 2. The lowest BCUT2D eigenvalue weighted by Crippen LogP contribution is -2.42. The summed E-state index contributed by atoms with van der Waals surface area (Å²) >= 11 is 6.17. The summed E-state index contributed by atoms with van der Waals surface area (Å²) in [6.45, 7) is 3.66. The topological polar surface area (TPSA) is 94.9 Å². The number of unbranched alkanes of at least 4 members (excludes halogenated alkanes) is 1. The summed E-state index contributed by atoms with van der Waals surface area (Å²) < 4.78 is 19.4. The number of aromatic nitrogens is 2. The Labute approximate surface area is 226 Å². The van der Waals surface area contributed by atoms with Crippen molar-refractivity contribution in [2.75, 3.05) is 24.6 Å². The molecule has 38 heavy (non-hydrogen) atoms. The van der Waals surface area contributed by atoms with E-state index in [2.05, 4.69) is 12.2 Å². The predicted molar refractivity (Wildman–Crippen MR) is 144 cm³/mol. The summed E-state index contributed by atoms with van der Waals surface area (Å²) in [5.74, 6) is 2.50. The van der Waals surface area contributed by atoms with Crippen molar-refractivity contribution in [3.8, 4) is 17.4 Å². The van der Waals surface area contributed by atoms with Gasteiger partial charge in [0.05, 0.1) is 6.54 Å². The third kappa shape index (κ3) is 5.72. The van der Waals surface area contributed by atoms with Gasteiger partial charge in [-0.1, -0.05) is 43.1 Å². The molecule has 1 atom stereocenters. The van der Waals surface area contributed by atoms with Gasteiger partial charge in [-0.25, -0.2) is 9.78 Å². The Morgan fingerprint density at radius 2 is 2.03 bits per heavy atom. The highest BCUT2D eigenvalue weighted by atomic mass is 35.5. The first-order chi connectivity index (χ1) is 18.5. The molecule has 200 valence electrons. The van der Waals surface area contributed by atoms with Crippen molar-refractivity contribution >= 4 is 29.4 Å². The van der Waals surface area contributed by atoms with E-state index < -0.39 is 6.09 Å². The van der Waals surface area contributed by atoms with Crippen LogP contribution in [0.4, 0.5) is 10.6 Å². The van der Waals surface area contributed by atoms with Crippen molar-refractivity contribution < 1.29 is 23.8 Å². The van der Waals surface area contributed by atoms with Crippen LogP contribution in [0.1, 0.15) is 48.8 Å². The molecule has 2 aliphatic heterocycles. The highest BCUT2D eigenvalue weighted by Crippen LogP contribution is 2.34. The molecule has 2 amide bonds. The Morgan fingerprint density at radius 3 is 2.84 bits per heavy atom. The van der Waals surface area contributed by atoms with Gasteiger partial charge in [0, 0.05) is 30.1 Å². The van der Waals surface area contributed by atoms with Gasteiger partial charge in [-0.15, -0.1) is 0 Å². The van der Waals surface area contributed by atoms with E-state index in [9.17, 15) is 9.59 Å². The zero-order valence-corrected chi connectivity index (χ0v) is 22.1. The number of hydrogen-bond acceptors (Lipinski definition) is 6. The first-order valence-electron chi connectivity index (χ1n) is 13.0. The van der Waals surface area contributed by atoms with Crippen molar-refractivity contribution in [3.05, 3.63) is 64.9 Å². The van der Waals surface area contributed by atoms with Gasteiger partial charge in [0.25, 0.3) is 5.91 Å². The van der Waals surface area contributed by atoms with Crippen LogP contribution in [0.15, 0.2) is 48.5 Å². The molecule has 9 nitrogen and oxygen atoms in total. The van der Waals surface area contributed by atoms with Gasteiger partial charge in [-0.2, -0.15) is 0 Å². The van der Waals surface area contributed by atoms with Gasteiger partial charge in [0.2, 0.25) is 5.88 Å². The van der Waals surface area contributed by atoms with Crippen LogP contribution in [0, 0.1) is 0 Å². The first-order valence-corrected chi connectivity index (χ1v) is 13.4. The molecular weight excluding hydrogens is 508 g/mol. The third-order valence-electron chi connectivity index (χ3n) is 6.55. The number of hydrogen-bond donors (Lipinski definition) is 1. The molecule has 0 aliphatic carbocycles. The van der Waals surface area contributed by atoms with Gasteiger partial charge in [0.1, 0.15) is 12.4 Å². The largest absolute Gasteiger partial charge is 0.486 e. The SMILES string of the molecule is CCCCN(C(=O)c1cccc(Cl)c1)c1nc2n(c1OC(=O)NCC1COc3ccccc3O1)CCCC2. The van der Waals surface area contributed by atoms with E-state index in [-0.39, 0.29) is 24.4 Å². The maximum absolute atomic E-state index is 13.6. The fourth-order valence-electron chi connectivity index (χ4n) is 4.60. The van der Waals surface area contributed by atoms with E-state index in [0.29, 0.717) is 47.6 Å². The van der Waals surface area contributed by atoms with Crippen molar-refractivity contribution in [3.63, 3.8) is 0 Å². The van der Waals surface area contributed by atoms with E-state index in [1.165, 1.54) is 0 Å². The molecule has 10 heteroatoms. The Morgan fingerprint density at radius 1 is 1.18 bits per heavy atom. The van der Waals surface area contributed by atoms with Gasteiger partial charge in [0.15, 0.2) is 23.4 Å². The summed E-state index contributed by atoms with van der Waals surface area (Å²) in [6, 6.07) is 14.2. The minimum Gasteiger partial charge on any atom is -0.486 e. The highest BCUT2D eigenvalue weighted by molar-refractivity contribution is 6.31. The smallest absolute Gasteiger partial charge is 0.414 e. The maximum atomic E-state index is 13.6. The average Bonchev–Trinajstić information content (AvgIpc) is 3.29. The van der Waals surface area contributed by atoms with Crippen LogP contribution in [0.5, 0.6) is 17.4 Å². The number of halogens is 1. The highest BCUT2D eigenvalue weighted by Gasteiger charge is 2.31. The van der Waals surface area contributed by atoms with E-state index in [1.54, 1.807) is 29.2 Å². The van der Waals surface area contributed by atoms with Gasteiger partial charge in [-0.3, -0.25) is 14.3 Å². The van der Waals surface area contributed by atoms with Crippen LogP contribution in [0.25, 0.3) is 0 Å². The molecule has 5 rings (SSSR count). The lowest BCUT2D eigenvalue weighted by atomic mass is 10.2. The molecule has 0 spiro atoms. The summed E-state index contributed by atoms with van der Waals surface area (Å²) in [4.78, 5) is 33.0. The predicted octanol–water partition coefficient (Wildman–Crippen LogP) is 5.25. The quantitative estimate of drug-likeness (QED) is 0.421. The molecule has 0 bridgehead atoms. The number of ether oxygens (including phenoxy) is 3. The molecule has 1 aromatic heterocycles. The molecular formula is C28H31ClN4O5. The molecule has 2 aliphatic rings. The fourth-order valence-corrected chi connectivity index (χ4v) is 4.79. The van der Waals surface area contributed by atoms with Gasteiger partial charge in [-0.05, 0) is 49.6 Å². The van der Waals surface area contributed by atoms with Gasteiger partial charge < -0.3 is 19.5 Å². The number of nitrogens with one attached hydrogen (secondary N) is 1. The number of aryl methyl sites for hydroxylation is 1. The van der Waals surface area contributed by atoms with Crippen LogP contribution in [-0.4, -0.2) is 47.4 Å². The summed E-state index contributed by atoms with van der Waals surface area (Å²) in [5, 5.41) is 3.25. The zero-order valence-electron chi connectivity index (χ0n) is 21.3. The molecule has 1 unspecified atom stereocenters. The van der Waals surface area contributed by atoms with E-state index in [1.807, 2.05) is 28.8 Å². The van der Waals surface area contributed by atoms with E-state index in [4.69, 9.17) is 30.8 Å². The van der Waals surface area contributed by atoms with Crippen molar-refractivity contribution in [2.24, 2.45) is 0 Å². The number of anilines is 1. The lowest BCUT2D eigenvalue weighted by molar-refractivity contribution is 0.0896. The number of rotatable bonds is 8. The van der Waals surface area contributed by atoms with Crippen LogP contribution in [-0.2, 0) is 13.0 Å². The number of para-hydroxylation sites is 2. The molecule has 0 fully saturated rings. The van der Waals surface area contributed by atoms with Crippen LogP contribution >= 0.6 is 11.6 Å². The standard InChI is InChI=1S/C28H31ClN4O5/c1-2-3-14-33(26(34)19-9-8-10-20(29)16-19)25-27(32-15-7-6-13-24(32)31-25)38-28(35)30-17-21-18-36-22-11-4-5-12-23(22)37-21/h4-5,8-12,16,21H,2-3,6-7,13-15,17-18H2,1H3,(H,30,35). The summed E-state index contributed by atoms with van der Waals surface area (Å²) in [5.41, 5.74) is 0.449. The van der Waals surface area contributed by atoms with Crippen LogP contribution < -0.4 is 24.4 Å². The van der Waals surface area contributed by atoms with Crippen molar-refractivity contribution in [1.82, 2.24) is 14.9 Å². The van der Waals surface area contributed by atoms with E-state index in [0.717, 1.165) is 37.9 Å². The summed E-state index contributed by atoms with van der Waals surface area (Å²) in [7, 11) is 0. The van der Waals surface area contributed by atoms with E-state index >= 15 is 0 Å². The van der Waals surface area contributed by atoms with Crippen LogP contribution in [0.3, 0.4) is 0 Å². The van der Waals surface area contributed by atoms with Gasteiger partial charge >= 0.3 is 6.09 Å². The average molecular weight is 539 g/mol. The molecule has 3 aromatic rings. The Bertz CT molecular complexity index is 1310. The molecule has 1 N–H and O–H groups in total. The molecule has 0 saturated heterocycles. The molecule has 0 radical (unpaired) electrons. The number of fused-ring (bicyclic) bond motifs is 2. The Hall–Kier alpha value is -3.72. The zero-order chi connectivity index (χ0) is 26.5. The Kier molecular flexibility index (Phi) is 8.03. The number of nitrogens with zero attached hydrogens (tertiary/aromatic N) is 3.